The Morgan fingerprint density at radius 3 is 1.72 bits per heavy atom. The zero-order chi connectivity index (χ0) is 27.2. The minimum absolute atomic E-state index is 0.0914. The number of ether oxygens (including phenoxy) is 2. The summed E-state index contributed by atoms with van der Waals surface area (Å²) in [6.07, 6.45) is 1.63. The summed E-state index contributed by atoms with van der Waals surface area (Å²) < 4.78 is 10.7. The standard InChI is InChI=1S/C32H23N3O2S2/c1-34-23(21-33)20-29-16-17-31(38-29)32-19-18-30(39-32)22-4-6-24(7-5-22)35(25-8-12-27(36-2)13-9-25)26-10-14-28(37-3)15-11-26/h4-20H,2-3H3/b23-20-. The predicted octanol–water partition coefficient (Wildman–Crippen LogP) is 9.41. The van der Waals surface area contributed by atoms with Gasteiger partial charge < -0.3 is 14.4 Å². The quantitative estimate of drug-likeness (QED) is 0.144. The molecule has 39 heavy (non-hydrogen) atoms. The highest BCUT2D eigenvalue weighted by molar-refractivity contribution is 7.24. The lowest BCUT2D eigenvalue weighted by Crippen LogP contribution is -2.09. The fourth-order valence-electron chi connectivity index (χ4n) is 4.10. The lowest BCUT2D eigenvalue weighted by atomic mass is 10.1. The van der Waals surface area contributed by atoms with Crippen LogP contribution in [0.1, 0.15) is 4.88 Å². The van der Waals surface area contributed by atoms with Crippen LogP contribution in [-0.2, 0) is 0 Å². The van der Waals surface area contributed by atoms with Gasteiger partial charge in [-0.1, -0.05) is 12.1 Å². The zero-order valence-electron chi connectivity index (χ0n) is 21.3. The van der Waals surface area contributed by atoms with Crippen molar-refractivity contribution in [3.05, 3.63) is 119 Å². The molecule has 2 heterocycles. The SMILES string of the molecule is [C-]#[N+]/C(C#N)=C\c1ccc(-c2ccc(-c3ccc(N(c4ccc(OC)cc4)c4ccc(OC)cc4)cc3)s2)s1. The number of benzene rings is 3. The molecule has 7 heteroatoms. The Balaban J connectivity index is 1.43. The van der Waals surface area contributed by atoms with Gasteiger partial charge in [0.25, 0.3) is 5.70 Å². The van der Waals surface area contributed by atoms with E-state index in [4.69, 9.17) is 21.3 Å². The third kappa shape index (κ3) is 5.71. The van der Waals surface area contributed by atoms with Crippen molar-refractivity contribution in [1.29, 1.82) is 5.26 Å². The minimum Gasteiger partial charge on any atom is -0.497 e. The number of hydrogen-bond acceptors (Lipinski definition) is 6. The van der Waals surface area contributed by atoms with Gasteiger partial charge in [0.05, 0.1) is 26.9 Å². The predicted molar refractivity (Wildman–Crippen MR) is 161 cm³/mol. The molecule has 5 nitrogen and oxygen atoms in total. The number of thiophene rings is 2. The van der Waals surface area contributed by atoms with Crippen molar-refractivity contribution in [2.24, 2.45) is 0 Å². The molecule has 0 bridgehead atoms. The van der Waals surface area contributed by atoms with Crippen LogP contribution in [0.3, 0.4) is 0 Å². The third-order valence-electron chi connectivity index (χ3n) is 6.06. The van der Waals surface area contributed by atoms with E-state index in [0.717, 1.165) is 48.8 Å². The van der Waals surface area contributed by atoms with E-state index in [0.29, 0.717) is 0 Å². The number of nitriles is 1. The summed E-state index contributed by atoms with van der Waals surface area (Å²) >= 11 is 3.30. The average Bonchev–Trinajstić information content (AvgIpc) is 3.67. The summed E-state index contributed by atoms with van der Waals surface area (Å²) in [5.41, 5.74) is 4.30. The number of allylic oxidation sites excluding steroid dienone is 1. The van der Waals surface area contributed by atoms with E-state index in [1.165, 1.54) is 4.88 Å². The Labute approximate surface area is 235 Å². The van der Waals surface area contributed by atoms with Gasteiger partial charge in [-0.25, -0.2) is 10.1 Å². The van der Waals surface area contributed by atoms with Crippen molar-refractivity contribution in [3.8, 4) is 37.8 Å². The Morgan fingerprint density at radius 2 is 1.21 bits per heavy atom. The second kappa shape index (κ2) is 11.7. The van der Waals surface area contributed by atoms with Crippen molar-refractivity contribution in [1.82, 2.24) is 0 Å². The minimum atomic E-state index is 0.0914. The van der Waals surface area contributed by atoms with E-state index in [2.05, 4.69) is 46.1 Å². The van der Waals surface area contributed by atoms with Crippen LogP contribution in [0, 0.1) is 17.9 Å². The molecule has 0 spiro atoms. The first-order valence-corrected chi connectivity index (χ1v) is 13.6. The lowest BCUT2D eigenvalue weighted by Gasteiger charge is -2.26. The molecule has 0 unspecified atom stereocenters. The van der Waals surface area contributed by atoms with Gasteiger partial charge in [0, 0.05) is 36.6 Å². The average molecular weight is 546 g/mol. The molecule has 0 aliphatic carbocycles. The topological polar surface area (TPSA) is 49.9 Å². The van der Waals surface area contributed by atoms with Crippen LogP contribution in [0.2, 0.25) is 0 Å². The molecule has 2 aromatic heterocycles. The molecule has 0 aliphatic heterocycles. The Morgan fingerprint density at radius 1 is 0.718 bits per heavy atom. The molecular formula is C32H23N3O2S2. The van der Waals surface area contributed by atoms with Gasteiger partial charge in [0.15, 0.2) is 0 Å². The molecule has 0 saturated carbocycles. The molecular weight excluding hydrogens is 523 g/mol. The van der Waals surface area contributed by atoms with Crippen molar-refractivity contribution < 1.29 is 9.47 Å². The molecule has 0 aliphatic rings. The summed E-state index contributed by atoms with van der Waals surface area (Å²) in [4.78, 5) is 9.77. The van der Waals surface area contributed by atoms with Gasteiger partial charge in [-0.05, 0) is 96.6 Å². The van der Waals surface area contributed by atoms with Crippen LogP contribution in [0.5, 0.6) is 11.5 Å². The molecule has 0 N–H and O–H groups in total. The van der Waals surface area contributed by atoms with Gasteiger partial charge in [-0.2, -0.15) is 0 Å². The summed E-state index contributed by atoms with van der Waals surface area (Å²) in [5, 5.41) is 9.03. The molecule has 5 rings (SSSR count). The van der Waals surface area contributed by atoms with E-state index in [9.17, 15) is 0 Å². The largest absolute Gasteiger partial charge is 0.497 e. The van der Waals surface area contributed by atoms with E-state index >= 15 is 0 Å². The fourth-order valence-corrected chi connectivity index (χ4v) is 6.14. The highest BCUT2D eigenvalue weighted by atomic mass is 32.1. The number of anilines is 3. The van der Waals surface area contributed by atoms with Crippen molar-refractivity contribution >= 4 is 45.8 Å². The highest BCUT2D eigenvalue weighted by Crippen LogP contribution is 2.40. The van der Waals surface area contributed by atoms with Gasteiger partial charge in [-0.15, -0.1) is 22.7 Å². The summed E-state index contributed by atoms with van der Waals surface area (Å²) in [5.74, 6) is 1.62. The maximum Gasteiger partial charge on any atom is 0.263 e. The Hall–Kier alpha value is -4.82. The Kier molecular flexibility index (Phi) is 7.75. The van der Waals surface area contributed by atoms with Crippen LogP contribution in [0.4, 0.5) is 17.1 Å². The van der Waals surface area contributed by atoms with E-state index in [1.54, 1.807) is 43.0 Å². The molecule has 0 fully saturated rings. The number of nitrogens with zero attached hydrogens (tertiary/aromatic N) is 3. The van der Waals surface area contributed by atoms with Crippen LogP contribution >= 0.6 is 22.7 Å². The van der Waals surface area contributed by atoms with Crippen LogP contribution < -0.4 is 14.4 Å². The van der Waals surface area contributed by atoms with Gasteiger partial charge in [-0.3, -0.25) is 0 Å². The van der Waals surface area contributed by atoms with E-state index in [-0.39, 0.29) is 5.70 Å². The van der Waals surface area contributed by atoms with Gasteiger partial charge >= 0.3 is 0 Å². The summed E-state index contributed by atoms with van der Waals surface area (Å²) in [6, 6.07) is 34.7. The zero-order valence-corrected chi connectivity index (χ0v) is 22.9. The molecule has 190 valence electrons. The molecule has 0 amide bonds. The maximum atomic E-state index is 9.03. The smallest absolute Gasteiger partial charge is 0.263 e. The second-order valence-electron chi connectivity index (χ2n) is 8.40. The first-order valence-electron chi connectivity index (χ1n) is 12.0. The highest BCUT2D eigenvalue weighted by Gasteiger charge is 2.14. The van der Waals surface area contributed by atoms with Gasteiger partial charge in [0.2, 0.25) is 0 Å². The molecule has 3 aromatic carbocycles. The summed E-state index contributed by atoms with van der Waals surface area (Å²) in [6.45, 7) is 7.08. The van der Waals surface area contributed by atoms with Crippen molar-refractivity contribution in [3.63, 3.8) is 0 Å². The second-order valence-corrected chi connectivity index (χ2v) is 10.6. The number of methoxy groups -OCH3 is 2. The van der Waals surface area contributed by atoms with Crippen LogP contribution in [0.25, 0.3) is 31.1 Å². The lowest BCUT2D eigenvalue weighted by molar-refractivity contribution is 0.415. The number of hydrogen-bond donors (Lipinski definition) is 0. The molecule has 5 aromatic rings. The van der Waals surface area contributed by atoms with Crippen molar-refractivity contribution in [2.75, 3.05) is 19.1 Å². The Bertz CT molecular complexity index is 1620. The summed E-state index contributed by atoms with van der Waals surface area (Å²) in [7, 11) is 3.33. The van der Waals surface area contributed by atoms with Crippen LogP contribution in [0.15, 0.2) is 103 Å². The first-order chi connectivity index (χ1) is 19.1. The normalized spacial score (nSPS) is 10.9. The van der Waals surface area contributed by atoms with Gasteiger partial charge in [0.1, 0.15) is 11.5 Å². The van der Waals surface area contributed by atoms with Crippen LogP contribution in [-0.4, -0.2) is 14.2 Å². The number of rotatable bonds is 8. The third-order valence-corrected chi connectivity index (χ3v) is 8.42. The first kappa shape index (κ1) is 25.8. The fraction of sp³-hybridized carbons (Fsp3) is 0.0625. The monoisotopic (exact) mass is 545 g/mol. The molecule has 0 saturated heterocycles. The van der Waals surface area contributed by atoms with E-state index in [1.807, 2.05) is 66.7 Å². The molecule has 0 atom stereocenters. The van der Waals surface area contributed by atoms with E-state index < -0.39 is 0 Å². The molecule has 0 radical (unpaired) electrons. The van der Waals surface area contributed by atoms with Crippen molar-refractivity contribution in [2.45, 2.75) is 0 Å². The maximum absolute atomic E-state index is 9.03.